The summed E-state index contributed by atoms with van der Waals surface area (Å²) in [5, 5.41) is 10.9. The van der Waals surface area contributed by atoms with E-state index in [9.17, 15) is 14.7 Å². The molecule has 0 aromatic heterocycles. The second kappa shape index (κ2) is 18.2. The molecule has 0 rings (SSSR count). The van der Waals surface area contributed by atoms with Gasteiger partial charge in [0.15, 0.2) is 6.10 Å². The molecular formula is C25H45NO4. The van der Waals surface area contributed by atoms with Gasteiger partial charge in [0.1, 0.15) is 6.54 Å². The number of carboxylic acid groups (broad SMARTS) is 1. The molecule has 30 heavy (non-hydrogen) atoms. The monoisotopic (exact) mass is 423 g/mol. The minimum atomic E-state index is -1.18. The van der Waals surface area contributed by atoms with Crippen molar-refractivity contribution in [2.75, 3.05) is 27.7 Å². The number of carbonyl (C=O) groups is 2. The number of quaternary nitrogens is 1. The van der Waals surface area contributed by atoms with Gasteiger partial charge in [-0.25, -0.2) is 0 Å². The average molecular weight is 424 g/mol. The van der Waals surface area contributed by atoms with Gasteiger partial charge in [0.25, 0.3) is 0 Å². The van der Waals surface area contributed by atoms with Crippen molar-refractivity contribution in [3.63, 3.8) is 0 Å². The van der Waals surface area contributed by atoms with Crippen LogP contribution >= 0.6 is 0 Å². The summed E-state index contributed by atoms with van der Waals surface area (Å²) < 4.78 is 5.90. The number of esters is 1. The first-order chi connectivity index (χ1) is 14.2. The Labute approximate surface area is 184 Å². The van der Waals surface area contributed by atoms with Crippen LogP contribution < -0.4 is 5.11 Å². The van der Waals surface area contributed by atoms with Crippen molar-refractivity contribution in [3.8, 4) is 0 Å². The van der Waals surface area contributed by atoms with Gasteiger partial charge in [-0.1, -0.05) is 63.3 Å². The topological polar surface area (TPSA) is 66.4 Å². The fraction of sp³-hybridized carbons (Fsp3) is 0.760. The number of unbranched alkanes of at least 4 members (excludes halogenated alkanes) is 8. The third-order valence-electron chi connectivity index (χ3n) is 4.78. The quantitative estimate of drug-likeness (QED) is 0.132. The number of allylic oxidation sites excluding steroid dienone is 4. The van der Waals surface area contributed by atoms with Crippen molar-refractivity contribution < 1.29 is 23.9 Å². The molecule has 0 aliphatic heterocycles. The molecule has 5 nitrogen and oxygen atoms in total. The van der Waals surface area contributed by atoms with Gasteiger partial charge in [0.05, 0.1) is 21.1 Å². The number of ether oxygens (including phenoxy) is 1. The first-order valence-corrected chi connectivity index (χ1v) is 11.7. The number of hydrogen-bond acceptors (Lipinski definition) is 4. The van der Waals surface area contributed by atoms with E-state index in [2.05, 4.69) is 31.2 Å². The molecule has 0 aromatic carbocycles. The van der Waals surface area contributed by atoms with E-state index in [-0.39, 0.29) is 12.4 Å². The SMILES string of the molecule is CCCCC/C=C\C/C=C\CCCCCCCC(=O)O[C@@H](CC(=O)[O-])C[N+](C)(C)C. The lowest BCUT2D eigenvalue weighted by atomic mass is 10.1. The highest BCUT2D eigenvalue weighted by molar-refractivity contribution is 5.70. The lowest BCUT2D eigenvalue weighted by Crippen LogP contribution is -2.45. The van der Waals surface area contributed by atoms with Crippen LogP contribution in [0.25, 0.3) is 0 Å². The Morgan fingerprint density at radius 2 is 1.43 bits per heavy atom. The van der Waals surface area contributed by atoms with Gasteiger partial charge >= 0.3 is 5.97 Å². The Kier molecular flexibility index (Phi) is 17.2. The highest BCUT2D eigenvalue weighted by Crippen LogP contribution is 2.11. The van der Waals surface area contributed by atoms with Crippen molar-refractivity contribution in [2.24, 2.45) is 0 Å². The van der Waals surface area contributed by atoms with Crippen molar-refractivity contribution in [3.05, 3.63) is 24.3 Å². The largest absolute Gasteiger partial charge is 0.550 e. The normalized spacial score (nSPS) is 13.2. The molecule has 0 aliphatic rings. The molecular weight excluding hydrogens is 378 g/mol. The summed E-state index contributed by atoms with van der Waals surface area (Å²) in [6.07, 6.45) is 21.0. The Balaban J connectivity index is 3.71. The van der Waals surface area contributed by atoms with E-state index in [1.54, 1.807) is 0 Å². The second-order valence-electron chi connectivity index (χ2n) is 9.14. The van der Waals surface area contributed by atoms with Crippen LogP contribution in [0.5, 0.6) is 0 Å². The minimum Gasteiger partial charge on any atom is -0.550 e. The lowest BCUT2D eigenvalue weighted by Gasteiger charge is -2.29. The highest BCUT2D eigenvalue weighted by atomic mass is 16.5. The zero-order valence-corrected chi connectivity index (χ0v) is 19.9. The van der Waals surface area contributed by atoms with Crippen molar-refractivity contribution in [2.45, 2.75) is 96.5 Å². The van der Waals surface area contributed by atoms with Gasteiger partial charge in [-0.05, 0) is 38.5 Å². The molecule has 0 heterocycles. The molecule has 0 spiro atoms. The van der Waals surface area contributed by atoms with Crippen LogP contribution in [0.1, 0.15) is 90.4 Å². The maximum atomic E-state index is 12.0. The predicted octanol–water partition coefficient (Wildman–Crippen LogP) is 4.56. The summed E-state index contributed by atoms with van der Waals surface area (Å²) in [7, 11) is 5.82. The Morgan fingerprint density at radius 3 is 2.00 bits per heavy atom. The van der Waals surface area contributed by atoms with Gasteiger partial charge in [0, 0.05) is 18.8 Å². The molecule has 174 valence electrons. The molecule has 0 amide bonds. The molecule has 5 heteroatoms. The minimum absolute atomic E-state index is 0.247. The fourth-order valence-corrected chi connectivity index (χ4v) is 3.27. The summed E-state index contributed by atoms with van der Waals surface area (Å²) >= 11 is 0. The van der Waals surface area contributed by atoms with E-state index in [4.69, 9.17) is 4.74 Å². The van der Waals surface area contributed by atoms with E-state index in [1.165, 1.54) is 38.5 Å². The van der Waals surface area contributed by atoms with Crippen LogP contribution in [-0.4, -0.2) is 50.2 Å². The molecule has 1 atom stereocenters. The van der Waals surface area contributed by atoms with Crippen molar-refractivity contribution in [1.29, 1.82) is 0 Å². The maximum Gasteiger partial charge on any atom is 0.306 e. The van der Waals surface area contributed by atoms with E-state index >= 15 is 0 Å². The average Bonchev–Trinajstić information content (AvgIpc) is 2.63. The maximum absolute atomic E-state index is 12.0. The smallest absolute Gasteiger partial charge is 0.306 e. The Bertz CT molecular complexity index is 506. The number of carboxylic acids is 1. The lowest BCUT2D eigenvalue weighted by molar-refractivity contribution is -0.873. The molecule has 0 bridgehead atoms. The van der Waals surface area contributed by atoms with Gasteiger partial charge < -0.3 is 19.1 Å². The van der Waals surface area contributed by atoms with Crippen LogP contribution in [0.4, 0.5) is 0 Å². The zero-order chi connectivity index (χ0) is 22.7. The van der Waals surface area contributed by atoms with Crippen LogP contribution in [-0.2, 0) is 14.3 Å². The van der Waals surface area contributed by atoms with E-state index in [0.717, 1.165) is 32.1 Å². The fourth-order valence-electron chi connectivity index (χ4n) is 3.27. The van der Waals surface area contributed by atoms with Crippen LogP contribution in [0.2, 0.25) is 0 Å². The van der Waals surface area contributed by atoms with Gasteiger partial charge in [-0.2, -0.15) is 0 Å². The standard InChI is InChI=1S/C25H45NO4/c1-5-6-7-8-9-10-11-12-13-14-15-16-17-18-19-20-25(29)30-23(21-24(27)28)22-26(2,3)4/h9-10,12-13,23H,5-8,11,14-22H2,1-4H3/b10-9-,13-12-/t23-/m0/s1. The van der Waals surface area contributed by atoms with Crippen molar-refractivity contribution in [1.82, 2.24) is 0 Å². The van der Waals surface area contributed by atoms with E-state index < -0.39 is 12.1 Å². The molecule has 0 aliphatic carbocycles. The Morgan fingerprint density at radius 1 is 0.867 bits per heavy atom. The molecule has 0 radical (unpaired) electrons. The number of likely N-dealkylation sites (N-methyl/N-ethyl adjacent to an activating group) is 1. The van der Waals surface area contributed by atoms with Gasteiger partial charge in [0.2, 0.25) is 0 Å². The molecule has 0 aromatic rings. The third kappa shape index (κ3) is 21.1. The zero-order valence-electron chi connectivity index (χ0n) is 19.9. The summed E-state index contributed by atoms with van der Waals surface area (Å²) in [6.45, 7) is 2.69. The molecule has 0 N–H and O–H groups in total. The highest BCUT2D eigenvalue weighted by Gasteiger charge is 2.22. The number of aliphatic carboxylic acids is 1. The number of nitrogens with zero attached hydrogens (tertiary/aromatic N) is 1. The van der Waals surface area contributed by atoms with Crippen LogP contribution in [0, 0.1) is 0 Å². The predicted molar refractivity (Wildman–Crippen MR) is 122 cm³/mol. The summed E-state index contributed by atoms with van der Waals surface area (Å²) in [5.41, 5.74) is 0. The van der Waals surface area contributed by atoms with Crippen LogP contribution in [0.15, 0.2) is 24.3 Å². The summed E-state index contributed by atoms with van der Waals surface area (Å²) in [4.78, 5) is 22.9. The van der Waals surface area contributed by atoms with Gasteiger partial charge in [-0.3, -0.25) is 4.79 Å². The number of hydrogen-bond donors (Lipinski definition) is 0. The van der Waals surface area contributed by atoms with Crippen molar-refractivity contribution >= 4 is 11.9 Å². The molecule has 0 unspecified atom stereocenters. The first-order valence-electron chi connectivity index (χ1n) is 11.7. The summed E-state index contributed by atoms with van der Waals surface area (Å²) in [5.74, 6) is -1.49. The third-order valence-corrected chi connectivity index (χ3v) is 4.78. The van der Waals surface area contributed by atoms with Gasteiger partial charge in [-0.15, -0.1) is 0 Å². The molecule has 0 saturated heterocycles. The summed E-state index contributed by atoms with van der Waals surface area (Å²) in [6, 6.07) is 0. The number of rotatable bonds is 19. The van der Waals surface area contributed by atoms with E-state index in [0.29, 0.717) is 17.4 Å². The Hall–Kier alpha value is -1.62. The number of carbonyl (C=O) groups excluding carboxylic acids is 2. The molecule has 0 saturated carbocycles. The molecule has 0 fully saturated rings. The van der Waals surface area contributed by atoms with E-state index in [1.807, 2.05) is 21.1 Å². The van der Waals surface area contributed by atoms with Crippen LogP contribution in [0.3, 0.4) is 0 Å². The first kappa shape index (κ1) is 28.4. The second-order valence-corrected chi connectivity index (χ2v) is 9.14.